The van der Waals surface area contributed by atoms with Crippen LogP contribution in [0.15, 0.2) is 91.0 Å². The van der Waals surface area contributed by atoms with Gasteiger partial charge in [0.2, 0.25) is 0 Å². The summed E-state index contributed by atoms with van der Waals surface area (Å²) < 4.78 is 59.5. The lowest BCUT2D eigenvalue weighted by atomic mass is 10.2. The fraction of sp³-hybridized carbons (Fsp3) is 0. The van der Waals surface area contributed by atoms with E-state index in [1.165, 1.54) is 4.57 Å². The number of hydrogen-bond donors (Lipinski definition) is 0. The summed E-state index contributed by atoms with van der Waals surface area (Å²) in [7, 11) is -1.41. The second-order valence-electron chi connectivity index (χ2n) is 7.06. The Kier molecular flexibility index (Phi) is 5.24. The smallest absolute Gasteiger partial charge is 0.186 e. The molecule has 0 fully saturated rings. The molecule has 0 aliphatic carbocycles. The van der Waals surface area contributed by atoms with Gasteiger partial charge in [0.25, 0.3) is 0 Å². The molecule has 7 heteroatoms. The van der Waals surface area contributed by atoms with E-state index in [0.717, 1.165) is 10.6 Å². The van der Waals surface area contributed by atoms with Crippen molar-refractivity contribution in [2.24, 2.45) is 0 Å². The number of imidazole rings is 1. The molecule has 2 nitrogen and oxygen atoms in total. The zero-order valence-corrected chi connectivity index (χ0v) is 17.4. The Morgan fingerprint density at radius 2 is 1.12 bits per heavy atom. The maximum absolute atomic E-state index is 15.0. The SMILES string of the molecule is Fc1cc(F)c(F)c(-n2c(P(c3ccccc3)c3ccccc3)nc3ccccc32)c1F. The van der Waals surface area contributed by atoms with Gasteiger partial charge in [-0.2, -0.15) is 0 Å². The zero-order valence-electron chi connectivity index (χ0n) is 16.5. The zero-order chi connectivity index (χ0) is 22.2. The summed E-state index contributed by atoms with van der Waals surface area (Å²) in [6.45, 7) is 0. The van der Waals surface area contributed by atoms with Crippen molar-refractivity contribution in [2.45, 2.75) is 0 Å². The van der Waals surface area contributed by atoms with Crippen LogP contribution in [0, 0.1) is 23.3 Å². The molecule has 0 aliphatic rings. The highest BCUT2D eigenvalue weighted by molar-refractivity contribution is 7.79. The molecule has 1 aromatic heterocycles. The van der Waals surface area contributed by atoms with Crippen molar-refractivity contribution in [3.63, 3.8) is 0 Å². The van der Waals surface area contributed by atoms with E-state index in [1.807, 2.05) is 60.7 Å². The molecule has 0 aliphatic heterocycles. The third kappa shape index (κ3) is 3.37. The highest BCUT2D eigenvalue weighted by Crippen LogP contribution is 2.36. The molecule has 32 heavy (non-hydrogen) atoms. The molecular formula is C25H15F4N2P. The van der Waals surface area contributed by atoms with E-state index in [4.69, 9.17) is 4.98 Å². The van der Waals surface area contributed by atoms with Crippen LogP contribution in [0.25, 0.3) is 16.7 Å². The maximum atomic E-state index is 15.0. The van der Waals surface area contributed by atoms with Crippen molar-refractivity contribution in [1.82, 2.24) is 9.55 Å². The molecule has 0 unspecified atom stereocenters. The van der Waals surface area contributed by atoms with E-state index in [0.29, 0.717) is 16.6 Å². The van der Waals surface area contributed by atoms with Crippen LogP contribution < -0.4 is 16.2 Å². The van der Waals surface area contributed by atoms with Crippen molar-refractivity contribution < 1.29 is 17.6 Å². The van der Waals surface area contributed by atoms with Crippen molar-refractivity contribution in [3.8, 4) is 5.69 Å². The Morgan fingerprint density at radius 3 is 1.69 bits per heavy atom. The number of benzene rings is 4. The molecule has 1 heterocycles. The minimum absolute atomic E-state index is 0.212. The standard InChI is InChI=1S/C25H15F4N2P/c26-18-15-19(27)23(29)24(22(18)28)31-21-14-8-7-13-20(21)30-25(31)32(16-9-3-1-4-10-16)17-11-5-2-6-12-17/h1-15H. The van der Waals surface area contributed by atoms with Crippen LogP contribution in [-0.2, 0) is 0 Å². The topological polar surface area (TPSA) is 17.8 Å². The van der Waals surface area contributed by atoms with Gasteiger partial charge in [0.15, 0.2) is 23.3 Å². The molecule has 0 atom stereocenters. The third-order valence-electron chi connectivity index (χ3n) is 5.08. The van der Waals surface area contributed by atoms with Gasteiger partial charge in [-0.15, -0.1) is 0 Å². The van der Waals surface area contributed by atoms with E-state index < -0.39 is 36.9 Å². The average Bonchev–Trinajstić information content (AvgIpc) is 3.18. The highest BCUT2D eigenvalue weighted by Gasteiger charge is 2.29. The molecule has 0 bridgehead atoms. The Balaban J connectivity index is 1.90. The van der Waals surface area contributed by atoms with Crippen molar-refractivity contribution >= 4 is 35.1 Å². The number of rotatable bonds is 4. The quantitative estimate of drug-likeness (QED) is 0.205. The van der Waals surface area contributed by atoms with Crippen molar-refractivity contribution in [1.29, 1.82) is 0 Å². The van der Waals surface area contributed by atoms with Gasteiger partial charge in [0.1, 0.15) is 11.3 Å². The van der Waals surface area contributed by atoms with E-state index in [-0.39, 0.29) is 6.07 Å². The van der Waals surface area contributed by atoms with Gasteiger partial charge in [0, 0.05) is 14.0 Å². The molecule has 158 valence electrons. The Labute approximate surface area is 182 Å². The lowest BCUT2D eigenvalue weighted by molar-refractivity contribution is 0.449. The van der Waals surface area contributed by atoms with Gasteiger partial charge in [-0.25, -0.2) is 22.5 Å². The van der Waals surface area contributed by atoms with Crippen LogP contribution in [0.1, 0.15) is 0 Å². The van der Waals surface area contributed by atoms with E-state index in [9.17, 15) is 17.6 Å². The molecule has 4 aromatic carbocycles. The van der Waals surface area contributed by atoms with Crippen molar-refractivity contribution in [3.05, 3.63) is 114 Å². The largest absolute Gasteiger partial charge is 0.286 e. The predicted octanol–water partition coefficient (Wildman–Crippen LogP) is 5.34. The summed E-state index contributed by atoms with van der Waals surface area (Å²) in [5, 5.41) is 1.76. The van der Waals surface area contributed by atoms with E-state index in [1.54, 1.807) is 24.3 Å². The lowest BCUT2D eigenvalue weighted by Gasteiger charge is -2.21. The Bertz CT molecular complexity index is 1350. The van der Waals surface area contributed by atoms with Crippen molar-refractivity contribution in [2.75, 3.05) is 0 Å². The second kappa shape index (κ2) is 8.21. The highest BCUT2D eigenvalue weighted by atomic mass is 31.1. The predicted molar refractivity (Wildman–Crippen MR) is 120 cm³/mol. The van der Waals surface area contributed by atoms with Crippen LogP contribution in [-0.4, -0.2) is 9.55 Å². The first kappa shape index (κ1) is 20.4. The fourth-order valence-corrected chi connectivity index (χ4v) is 5.99. The molecule has 5 aromatic rings. The molecule has 0 N–H and O–H groups in total. The minimum atomic E-state index is -1.47. The monoisotopic (exact) mass is 450 g/mol. The summed E-state index contributed by atoms with van der Waals surface area (Å²) in [6, 6.07) is 25.8. The second-order valence-corrected chi connectivity index (χ2v) is 9.16. The molecule has 0 saturated carbocycles. The van der Waals surface area contributed by atoms with Gasteiger partial charge < -0.3 is 0 Å². The first-order valence-corrected chi connectivity index (χ1v) is 11.1. The summed E-state index contributed by atoms with van der Waals surface area (Å²) in [6.07, 6.45) is 0. The van der Waals surface area contributed by atoms with Crippen LogP contribution in [0.2, 0.25) is 0 Å². The summed E-state index contributed by atoms with van der Waals surface area (Å²) in [4.78, 5) is 4.70. The van der Waals surface area contributed by atoms with Crippen LogP contribution in [0.4, 0.5) is 17.6 Å². The Morgan fingerprint density at radius 1 is 0.625 bits per heavy atom. The molecular weight excluding hydrogens is 435 g/mol. The van der Waals surface area contributed by atoms with Gasteiger partial charge in [-0.1, -0.05) is 72.8 Å². The fourth-order valence-electron chi connectivity index (χ4n) is 3.67. The van der Waals surface area contributed by atoms with Crippen LogP contribution in [0.3, 0.4) is 0 Å². The summed E-state index contributed by atoms with van der Waals surface area (Å²) in [5.74, 6) is -5.87. The average molecular weight is 450 g/mol. The Hall–Kier alpha value is -3.50. The first-order chi connectivity index (χ1) is 15.6. The third-order valence-corrected chi connectivity index (χ3v) is 7.41. The van der Waals surface area contributed by atoms with E-state index >= 15 is 0 Å². The number of aromatic nitrogens is 2. The molecule has 5 rings (SSSR count). The normalized spacial score (nSPS) is 11.4. The molecule has 0 spiro atoms. The maximum Gasteiger partial charge on any atom is 0.186 e. The molecule has 0 saturated heterocycles. The van der Waals surface area contributed by atoms with Gasteiger partial charge in [-0.3, -0.25) is 4.57 Å². The van der Waals surface area contributed by atoms with Gasteiger partial charge >= 0.3 is 0 Å². The minimum Gasteiger partial charge on any atom is -0.286 e. The first-order valence-electron chi connectivity index (χ1n) is 9.77. The van der Waals surface area contributed by atoms with Gasteiger partial charge in [0.05, 0.1) is 11.0 Å². The van der Waals surface area contributed by atoms with Crippen LogP contribution >= 0.6 is 7.92 Å². The van der Waals surface area contributed by atoms with E-state index in [2.05, 4.69) is 0 Å². The number of hydrogen-bond acceptors (Lipinski definition) is 1. The lowest BCUT2D eigenvalue weighted by Crippen LogP contribution is -2.28. The number of fused-ring (bicyclic) bond motifs is 1. The van der Waals surface area contributed by atoms with Crippen LogP contribution in [0.5, 0.6) is 0 Å². The summed E-state index contributed by atoms with van der Waals surface area (Å²) >= 11 is 0. The molecule has 0 radical (unpaired) electrons. The van der Waals surface area contributed by atoms with Gasteiger partial charge in [-0.05, 0) is 22.7 Å². The number of para-hydroxylation sites is 2. The molecule has 0 amide bonds. The number of halogens is 4. The summed E-state index contributed by atoms with van der Waals surface area (Å²) in [5.41, 5.74) is 0.307. The number of nitrogens with zero attached hydrogens (tertiary/aromatic N) is 2.